The number of imide groups is 1. The van der Waals surface area contributed by atoms with Crippen LogP contribution < -0.4 is 4.84 Å². The van der Waals surface area contributed by atoms with Crippen molar-refractivity contribution in [1.29, 1.82) is 0 Å². The van der Waals surface area contributed by atoms with Gasteiger partial charge < -0.3 is 24.7 Å². The fraction of sp³-hybridized carbons (Fsp3) is 0.364. The van der Waals surface area contributed by atoms with Crippen LogP contribution in [-0.4, -0.2) is 67.2 Å². The van der Waals surface area contributed by atoms with Crippen LogP contribution in [0, 0.1) is 0 Å². The molecule has 2 aromatic rings. The fourth-order valence-corrected chi connectivity index (χ4v) is 4.05. The monoisotopic (exact) mass is 457 g/mol. The molecule has 0 bridgehead atoms. The first-order valence-corrected chi connectivity index (χ1v) is 10.5. The standard InChI is InChI=1S/C22H23N3O8/c26-17-9-8-15(24(17)22(31)32-13-14-5-2-1-3-6-14)20(29)23-12-4-7-16(23)21(30)33-25-18(27)10-11-19(25)28/h1-3,5-6,10-11,15-16,27-28H,4,7-9,12-13H2/t15-,16+/m1/s1. The molecule has 11 nitrogen and oxygen atoms in total. The first-order valence-electron chi connectivity index (χ1n) is 10.5. The zero-order valence-electron chi connectivity index (χ0n) is 17.6. The molecule has 2 aliphatic rings. The van der Waals surface area contributed by atoms with Gasteiger partial charge in [0.25, 0.3) is 0 Å². The van der Waals surface area contributed by atoms with E-state index in [1.807, 2.05) is 6.07 Å². The highest BCUT2D eigenvalue weighted by molar-refractivity contribution is 6.01. The summed E-state index contributed by atoms with van der Waals surface area (Å²) < 4.78 is 5.79. The van der Waals surface area contributed by atoms with Crippen LogP contribution in [0.4, 0.5) is 4.79 Å². The van der Waals surface area contributed by atoms with E-state index in [0.29, 0.717) is 17.6 Å². The van der Waals surface area contributed by atoms with Crippen molar-refractivity contribution in [1.82, 2.24) is 14.5 Å². The minimum Gasteiger partial charge on any atom is -0.492 e. The molecule has 2 fully saturated rings. The third kappa shape index (κ3) is 4.47. The van der Waals surface area contributed by atoms with Crippen LogP contribution in [0.1, 0.15) is 31.2 Å². The van der Waals surface area contributed by atoms with E-state index >= 15 is 0 Å². The Hall–Kier alpha value is -4.02. The van der Waals surface area contributed by atoms with E-state index < -0.39 is 47.7 Å². The molecule has 1 aromatic carbocycles. The highest BCUT2D eigenvalue weighted by Crippen LogP contribution is 2.27. The van der Waals surface area contributed by atoms with Gasteiger partial charge in [-0.05, 0) is 24.8 Å². The molecule has 1 aromatic heterocycles. The Kier molecular flexibility index (Phi) is 6.20. The molecule has 174 valence electrons. The summed E-state index contributed by atoms with van der Waals surface area (Å²) in [6.07, 6.45) is 0.0153. The topological polar surface area (TPSA) is 139 Å². The Morgan fingerprint density at radius 3 is 2.36 bits per heavy atom. The van der Waals surface area contributed by atoms with Crippen molar-refractivity contribution in [3.63, 3.8) is 0 Å². The lowest BCUT2D eigenvalue weighted by Crippen LogP contribution is -2.53. The van der Waals surface area contributed by atoms with E-state index in [9.17, 15) is 29.4 Å². The van der Waals surface area contributed by atoms with Crippen molar-refractivity contribution in [2.45, 2.75) is 44.4 Å². The van der Waals surface area contributed by atoms with Gasteiger partial charge in [0, 0.05) is 25.1 Å². The lowest BCUT2D eigenvalue weighted by atomic mass is 10.1. The van der Waals surface area contributed by atoms with Crippen LogP contribution in [0.15, 0.2) is 42.5 Å². The average Bonchev–Trinajstić information content (AvgIpc) is 3.53. The molecule has 0 spiro atoms. The predicted octanol–water partition coefficient (Wildman–Crippen LogP) is 1.17. The molecule has 2 atom stereocenters. The fourth-order valence-electron chi connectivity index (χ4n) is 4.05. The third-order valence-electron chi connectivity index (χ3n) is 5.69. The Morgan fingerprint density at radius 1 is 0.970 bits per heavy atom. The van der Waals surface area contributed by atoms with Crippen LogP contribution in [0.25, 0.3) is 0 Å². The Labute approximate surface area is 188 Å². The number of likely N-dealkylation sites (tertiary alicyclic amines) is 2. The number of carbonyl (C=O) groups excluding carboxylic acids is 4. The van der Waals surface area contributed by atoms with E-state index in [1.54, 1.807) is 24.3 Å². The second-order valence-corrected chi connectivity index (χ2v) is 7.80. The van der Waals surface area contributed by atoms with E-state index in [0.717, 1.165) is 22.6 Å². The summed E-state index contributed by atoms with van der Waals surface area (Å²) in [5.74, 6) is -2.90. The smallest absolute Gasteiger partial charge is 0.417 e. The van der Waals surface area contributed by atoms with Crippen LogP contribution in [0.5, 0.6) is 11.8 Å². The van der Waals surface area contributed by atoms with Crippen molar-refractivity contribution >= 4 is 23.9 Å². The summed E-state index contributed by atoms with van der Waals surface area (Å²) in [5, 5.41) is 19.4. The van der Waals surface area contributed by atoms with Crippen molar-refractivity contribution < 1.29 is 39.0 Å². The van der Waals surface area contributed by atoms with Gasteiger partial charge in [-0.1, -0.05) is 30.3 Å². The van der Waals surface area contributed by atoms with Gasteiger partial charge >= 0.3 is 12.1 Å². The van der Waals surface area contributed by atoms with Gasteiger partial charge in [0.05, 0.1) is 0 Å². The molecule has 2 saturated heterocycles. The predicted molar refractivity (Wildman–Crippen MR) is 111 cm³/mol. The highest BCUT2D eigenvalue weighted by Gasteiger charge is 2.46. The molecule has 0 aliphatic carbocycles. The zero-order chi connectivity index (χ0) is 23.5. The van der Waals surface area contributed by atoms with E-state index in [-0.39, 0.29) is 26.0 Å². The quantitative estimate of drug-likeness (QED) is 0.682. The molecule has 11 heteroatoms. The van der Waals surface area contributed by atoms with Gasteiger partial charge in [0.2, 0.25) is 23.6 Å². The number of hydrogen-bond acceptors (Lipinski definition) is 8. The van der Waals surface area contributed by atoms with Crippen LogP contribution >= 0.6 is 0 Å². The summed E-state index contributed by atoms with van der Waals surface area (Å²) in [7, 11) is 0. The van der Waals surface area contributed by atoms with Crippen molar-refractivity contribution in [2.75, 3.05) is 6.54 Å². The van der Waals surface area contributed by atoms with E-state index in [2.05, 4.69) is 0 Å². The number of rotatable bonds is 5. The molecule has 2 aliphatic heterocycles. The highest BCUT2D eigenvalue weighted by atomic mass is 16.7. The number of ether oxygens (including phenoxy) is 1. The van der Waals surface area contributed by atoms with E-state index in [4.69, 9.17) is 9.57 Å². The number of carbonyl (C=O) groups is 4. The summed E-state index contributed by atoms with van der Waals surface area (Å²) in [6.45, 7) is 0.187. The minimum absolute atomic E-state index is 0.00487. The normalized spacial score (nSPS) is 20.2. The van der Waals surface area contributed by atoms with Crippen LogP contribution in [0.3, 0.4) is 0 Å². The lowest BCUT2D eigenvalue weighted by molar-refractivity contribution is -0.156. The molecule has 0 saturated carbocycles. The SMILES string of the molecule is O=C(On1c(O)ccc1O)[C@@H]1CCCN1C(=O)[C@H]1CCC(=O)N1C(=O)OCc1ccccc1. The molecule has 33 heavy (non-hydrogen) atoms. The molecule has 0 radical (unpaired) electrons. The van der Waals surface area contributed by atoms with E-state index in [1.165, 1.54) is 4.90 Å². The number of aromatic hydroxyl groups is 2. The summed E-state index contributed by atoms with van der Waals surface area (Å²) in [6, 6.07) is 9.14. The van der Waals surface area contributed by atoms with Crippen molar-refractivity contribution in [3.05, 3.63) is 48.0 Å². The average molecular weight is 457 g/mol. The second-order valence-electron chi connectivity index (χ2n) is 7.80. The number of hydrogen-bond donors (Lipinski definition) is 2. The van der Waals surface area contributed by atoms with Crippen LogP contribution in [0.2, 0.25) is 0 Å². The van der Waals surface area contributed by atoms with Crippen molar-refractivity contribution in [3.8, 4) is 11.8 Å². The number of amides is 3. The van der Waals surface area contributed by atoms with Gasteiger partial charge in [0.1, 0.15) is 18.7 Å². The summed E-state index contributed by atoms with van der Waals surface area (Å²) in [5.41, 5.74) is 0.735. The maximum absolute atomic E-state index is 13.2. The van der Waals surface area contributed by atoms with Gasteiger partial charge in [-0.2, -0.15) is 0 Å². The zero-order valence-corrected chi connectivity index (χ0v) is 17.6. The molecular weight excluding hydrogens is 434 g/mol. The Balaban J connectivity index is 1.44. The number of benzene rings is 1. The molecule has 3 amide bonds. The Morgan fingerprint density at radius 2 is 1.67 bits per heavy atom. The maximum atomic E-state index is 13.2. The number of aromatic nitrogens is 1. The lowest BCUT2D eigenvalue weighted by Gasteiger charge is -2.29. The second kappa shape index (κ2) is 9.23. The van der Waals surface area contributed by atoms with Gasteiger partial charge in [-0.3, -0.25) is 9.59 Å². The summed E-state index contributed by atoms with van der Waals surface area (Å²) >= 11 is 0. The molecule has 0 unspecified atom stereocenters. The third-order valence-corrected chi connectivity index (χ3v) is 5.69. The minimum atomic E-state index is -1.08. The van der Waals surface area contributed by atoms with Gasteiger partial charge in [-0.25, -0.2) is 14.5 Å². The maximum Gasteiger partial charge on any atom is 0.417 e. The summed E-state index contributed by atoms with van der Waals surface area (Å²) in [4.78, 5) is 58.0. The molecular formula is C22H23N3O8. The van der Waals surface area contributed by atoms with Crippen molar-refractivity contribution in [2.24, 2.45) is 0 Å². The first kappa shape index (κ1) is 22.2. The molecule has 3 heterocycles. The first-order chi connectivity index (χ1) is 15.9. The molecule has 4 rings (SSSR count). The number of nitrogens with zero attached hydrogens (tertiary/aromatic N) is 3. The largest absolute Gasteiger partial charge is 0.492 e. The Bertz CT molecular complexity index is 1050. The van der Waals surface area contributed by atoms with Gasteiger partial charge in [0.15, 0.2) is 0 Å². The van der Waals surface area contributed by atoms with Crippen LogP contribution in [-0.2, 0) is 25.7 Å². The molecule has 2 N–H and O–H groups in total. The van der Waals surface area contributed by atoms with Gasteiger partial charge in [-0.15, -0.1) is 4.73 Å².